The minimum atomic E-state index is 0.430. The molecule has 1 saturated heterocycles. The van der Waals surface area contributed by atoms with Crippen LogP contribution in [0.5, 0.6) is 5.75 Å². The van der Waals surface area contributed by atoms with Gasteiger partial charge in [-0.25, -0.2) is 0 Å². The number of anilines is 2. The molecule has 3 rings (SSSR count). The minimum absolute atomic E-state index is 0.430. The maximum atomic E-state index is 5.90. The molecule has 6 heteroatoms. The third-order valence-corrected chi connectivity index (χ3v) is 3.87. The average Bonchev–Trinajstić information content (AvgIpc) is 2.55. The molecule has 2 aromatic rings. The van der Waals surface area contributed by atoms with Gasteiger partial charge in [-0.05, 0) is 12.1 Å². The summed E-state index contributed by atoms with van der Waals surface area (Å²) >= 11 is 5.90. The summed E-state index contributed by atoms with van der Waals surface area (Å²) in [4.78, 5) is 4.61. The van der Waals surface area contributed by atoms with E-state index in [1.807, 2.05) is 24.3 Å². The van der Waals surface area contributed by atoms with Crippen LogP contribution < -0.4 is 14.5 Å². The van der Waals surface area contributed by atoms with Crippen LogP contribution in [0, 0.1) is 0 Å². The summed E-state index contributed by atoms with van der Waals surface area (Å²) in [5.41, 5.74) is 2.17. The Balaban J connectivity index is 1.70. The van der Waals surface area contributed by atoms with Crippen LogP contribution in [-0.2, 0) is 0 Å². The normalized spacial score (nSPS) is 15.1. The summed E-state index contributed by atoms with van der Waals surface area (Å²) in [5, 5.41) is 8.12. The first-order valence-electron chi connectivity index (χ1n) is 6.89. The predicted octanol–water partition coefficient (Wildman–Crippen LogP) is 2.47. The molecule has 5 nitrogen and oxygen atoms in total. The lowest BCUT2D eigenvalue weighted by molar-refractivity contribution is 0.413. The molecule has 0 atom stereocenters. The van der Waals surface area contributed by atoms with Crippen LogP contribution in [0.1, 0.15) is 0 Å². The van der Waals surface area contributed by atoms with Crippen molar-refractivity contribution >= 4 is 23.0 Å². The Kier molecular flexibility index (Phi) is 4.10. The van der Waals surface area contributed by atoms with Gasteiger partial charge in [0.25, 0.3) is 0 Å². The molecule has 0 N–H and O–H groups in total. The van der Waals surface area contributed by atoms with Crippen molar-refractivity contribution in [1.29, 1.82) is 0 Å². The van der Waals surface area contributed by atoms with Crippen molar-refractivity contribution in [2.75, 3.05) is 43.1 Å². The molecule has 1 aliphatic heterocycles. The zero-order valence-corrected chi connectivity index (χ0v) is 12.6. The monoisotopic (exact) mass is 304 g/mol. The van der Waals surface area contributed by atoms with E-state index in [2.05, 4.69) is 26.1 Å². The molecule has 0 bridgehead atoms. The molecule has 0 spiro atoms. The Bertz CT molecular complexity index is 614. The van der Waals surface area contributed by atoms with Gasteiger partial charge >= 0.3 is 0 Å². The van der Waals surface area contributed by atoms with Crippen LogP contribution in [0.2, 0.25) is 5.15 Å². The first-order valence-corrected chi connectivity index (χ1v) is 7.27. The second-order valence-corrected chi connectivity index (χ2v) is 5.27. The molecule has 0 amide bonds. The van der Waals surface area contributed by atoms with E-state index in [9.17, 15) is 0 Å². The number of aromatic nitrogens is 2. The summed E-state index contributed by atoms with van der Waals surface area (Å²) in [6, 6.07) is 9.97. The molecular formula is C15H17ClN4O. The zero-order valence-electron chi connectivity index (χ0n) is 11.9. The first kappa shape index (κ1) is 13.9. The van der Waals surface area contributed by atoms with Gasteiger partial charge in [-0.2, -0.15) is 5.10 Å². The number of nitrogens with zero attached hydrogens (tertiary/aromatic N) is 4. The maximum Gasteiger partial charge on any atom is 0.153 e. The topological polar surface area (TPSA) is 41.5 Å². The number of methoxy groups -OCH3 is 1. The number of para-hydroxylation sites is 2. The van der Waals surface area contributed by atoms with Crippen LogP contribution in [0.4, 0.5) is 11.4 Å². The first-order chi connectivity index (χ1) is 10.3. The van der Waals surface area contributed by atoms with E-state index in [-0.39, 0.29) is 0 Å². The fourth-order valence-corrected chi connectivity index (χ4v) is 2.76. The number of hydrogen-bond donors (Lipinski definition) is 0. The van der Waals surface area contributed by atoms with E-state index < -0.39 is 0 Å². The van der Waals surface area contributed by atoms with Crippen LogP contribution in [-0.4, -0.2) is 43.5 Å². The SMILES string of the molecule is COc1ccccc1N1CCN(c2cnnc(Cl)c2)CC1. The number of benzene rings is 1. The highest BCUT2D eigenvalue weighted by molar-refractivity contribution is 6.29. The highest BCUT2D eigenvalue weighted by Crippen LogP contribution is 2.29. The number of hydrogen-bond acceptors (Lipinski definition) is 5. The second kappa shape index (κ2) is 6.18. The minimum Gasteiger partial charge on any atom is -0.495 e. The fourth-order valence-electron chi connectivity index (χ4n) is 2.60. The van der Waals surface area contributed by atoms with Gasteiger partial charge in [-0.3, -0.25) is 0 Å². The Morgan fingerprint density at radius 2 is 1.81 bits per heavy atom. The lowest BCUT2D eigenvalue weighted by atomic mass is 10.2. The van der Waals surface area contributed by atoms with Crippen molar-refractivity contribution in [3.05, 3.63) is 41.7 Å². The molecule has 0 aliphatic carbocycles. The highest BCUT2D eigenvalue weighted by atomic mass is 35.5. The molecule has 0 unspecified atom stereocenters. The molecule has 1 aliphatic rings. The van der Waals surface area contributed by atoms with E-state index in [0.29, 0.717) is 5.15 Å². The summed E-state index contributed by atoms with van der Waals surface area (Å²) < 4.78 is 5.43. The van der Waals surface area contributed by atoms with Gasteiger partial charge in [-0.15, -0.1) is 5.10 Å². The quantitative estimate of drug-likeness (QED) is 0.871. The maximum absolute atomic E-state index is 5.90. The van der Waals surface area contributed by atoms with Crippen molar-refractivity contribution < 1.29 is 4.74 Å². The molecule has 1 fully saturated rings. The smallest absolute Gasteiger partial charge is 0.153 e. The van der Waals surface area contributed by atoms with Crippen molar-refractivity contribution in [2.45, 2.75) is 0 Å². The molecule has 0 saturated carbocycles. The highest BCUT2D eigenvalue weighted by Gasteiger charge is 2.20. The van der Waals surface area contributed by atoms with Crippen LogP contribution >= 0.6 is 11.6 Å². The standard InChI is InChI=1S/C15H17ClN4O/c1-21-14-5-3-2-4-13(14)20-8-6-19(7-9-20)12-10-15(16)18-17-11-12/h2-5,10-11H,6-9H2,1H3. The van der Waals surface area contributed by atoms with E-state index >= 15 is 0 Å². The van der Waals surface area contributed by atoms with Gasteiger partial charge in [0.05, 0.1) is 24.7 Å². The third-order valence-electron chi connectivity index (χ3n) is 3.68. The van der Waals surface area contributed by atoms with Crippen LogP contribution in [0.25, 0.3) is 0 Å². The molecule has 1 aromatic heterocycles. The zero-order chi connectivity index (χ0) is 14.7. The number of halogens is 1. The second-order valence-electron chi connectivity index (χ2n) is 4.88. The average molecular weight is 305 g/mol. The van der Waals surface area contributed by atoms with Gasteiger partial charge in [0, 0.05) is 32.2 Å². The predicted molar refractivity (Wildman–Crippen MR) is 84.5 cm³/mol. The lowest BCUT2D eigenvalue weighted by Gasteiger charge is -2.37. The van der Waals surface area contributed by atoms with Gasteiger partial charge in [-0.1, -0.05) is 23.7 Å². The number of rotatable bonds is 3. The Labute approximate surface area is 129 Å². The summed E-state index contributed by atoms with van der Waals surface area (Å²) in [5.74, 6) is 0.916. The Morgan fingerprint density at radius 3 is 2.52 bits per heavy atom. The van der Waals surface area contributed by atoms with Crippen LogP contribution in [0.3, 0.4) is 0 Å². The fraction of sp³-hybridized carbons (Fsp3) is 0.333. The van der Waals surface area contributed by atoms with Gasteiger partial charge in [0.2, 0.25) is 0 Å². The van der Waals surface area contributed by atoms with E-state index in [4.69, 9.17) is 16.3 Å². The van der Waals surface area contributed by atoms with E-state index in [1.165, 1.54) is 0 Å². The van der Waals surface area contributed by atoms with Gasteiger partial charge in [0.1, 0.15) is 5.75 Å². The Hall–Kier alpha value is -2.01. The van der Waals surface area contributed by atoms with Crippen LogP contribution in [0.15, 0.2) is 36.5 Å². The number of piperazine rings is 1. The number of ether oxygens (including phenoxy) is 1. The van der Waals surface area contributed by atoms with Gasteiger partial charge in [0.15, 0.2) is 5.15 Å². The van der Waals surface area contributed by atoms with Crippen molar-refractivity contribution in [3.8, 4) is 5.75 Å². The summed E-state index contributed by atoms with van der Waals surface area (Å²) in [6.07, 6.45) is 1.75. The molecule has 0 radical (unpaired) electrons. The van der Waals surface area contributed by atoms with Crippen molar-refractivity contribution in [1.82, 2.24) is 10.2 Å². The lowest BCUT2D eigenvalue weighted by Crippen LogP contribution is -2.46. The van der Waals surface area contributed by atoms with Gasteiger partial charge < -0.3 is 14.5 Å². The summed E-state index contributed by atoms with van der Waals surface area (Å²) in [7, 11) is 1.71. The molecule has 21 heavy (non-hydrogen) atoms. The molecular weight excluding hydrogens is 288 g/mol. The third kappa shape index (κ3) is 3.03. The summed E-state index contributed by atoms with van der Waals surface area (Å²) in [6.45, 7) is 3.70. The van der Waals surface area contributed by atoms with E-state index in [0.717, 1.165) is 43.3 Å². The molecule has 2 heterocycles. The van der Waals surface area contributed by atoms with E-state index in [1.54, 1.807) is 13.3 Å². The van der Waals surface area contributed by atoms with Crippen molar-refractivity contribution in [3.63, 3.8) is 0 Å². The van der Waals surface area contributed by atoms with Crippen molar-refractivity contribution in [2.24, 2.45) is 0 Å². The molecule has 110 valence electrons. The molecule has 1 aromatic carbocycles. The largest absolute Gasteiger partial charge is 0.495 e. The Morgan fingerprint density at radius 1 is 1.10 bits per heavy atom.